The molecule has 1 aliphatic rings. The Hall–Kier alpha value is -2.69. The van der Waals surface area contributed by atoms with Crippen LogP contribution in [0.5, 0.6) is 5.75 Å². The largest absolute Gasteiger partial charge is 0.488 e. The fourth-order valence-electron chi connectivity index (χ4n) is 3.56. The zero-order valence-electron chi connectivity index (χ0n) is 18.2. The van der Waals surface area contributed by atoms with Crippen LogP contribution in [0.15, 0.2) is 47.4 Å². The highest BCUT2D eigenvalue weighted by atomic mass is 32.2. The minimum absolute atomic E-state index is 0.00907. The monoisotopic (exact) mass is 465 g/mol. The van der Waals surface area contributed by atoms with E-state index < -0.39 is 21.9 Å². The molecule has 0 spiro atoms. The molecular weight excluding hydrogens is 437 g/mol. The highest BCUT2D eigenvalue weighted by Crippen LogP contribution is 2.31. The van der Waals surface area contributed by atoms with Crippen LogP contribution in [0.3, 0.4) is 0 Å². The Balaban J connectivity index is 1.99. The van der Waals surface area contributed by atoms with E-state index in [1.807, 2.05) is 14.0 Å². The number of sulfonamides is 1. The second-order valence-corrected chi connectivity index (χ2v) is 9.63. The van der Waals surface area contributed by atoms with Crippen molar-refractivity contribution in [3.05, 3.63) is 53.8 Å². The number of rotatable bonds is 7. The lowest BCUT2D eigenvalue weighted by molar-refractivity contribution is 0.0416. The van der Waals surface area contributed by atoms with E-state index in [0.717, 1.165) is 24.3 Å². The molecule has 2 aromatic rings. The predicted molar refractivity (Wildman–Crippen MR) is 119 cm³/mol. The Morgan fingerprint density at radius 1 is 1.25 bits per heavy atom. The van der Waals surface area contributed by atoms with Crippen LogP contribution in [0, 0.1) is 11.7 Å². The smallest absolute Gasteiger partial charge is 0.261 e. The molecule has 0 saturated carbocycles. The van der Waals surface area contributed by atoms with E-state index in [2.05, 4.69) is 10.0 Å². The lowest BCUT2D eigenvalue weighted by atomic mass is 9.99. The van der Waals surface area contributed by atoms with Gasteiger partial charge < -0.3 is 20.1 Å². The molecule has 3 N–H and O–H groups in total. The van der Waals surface area contributed by atoms with Crippen molar-refractivity contribution in [1.29, 1.82) is 0 Å². The van der Waals surface area contributed by atoms with Crippen molar-refractivity contribution in [2.75, 3.05) is 31.5 Å². The molecule has 10 heteroatoms. The van der Waals surface area contributed by atoms with Crippen molar-refractivity contribution < 1.29 is 27.4 Å². The predicted octanol–water partition coefficient (Wildman–Crippen LogP) is 2.07. The zero-order chi connectivity index (χ0) is 23.5. The molecule has 0 aliphatic carbocycles. The number of carbonyl (C=O) groups excluding carboxylic acids is 1. The number of carbonyl (C=O) groups is 1. The fourth-order valence-corrected chi connectivity index (χ4v) is 4.61. The van der Waals surface area contributed by atoms with Gasteiger partial charge in [-0.15, -0.1) is 0 Å². The molecule has 0 aromatic heterocycles. The summed E-state index contributed by atoms with van der Waals surface area (Å²) in [5.41, 5.74) is 0.359. The van der Waals surface area contributed by atoms with Crippen LogP contribution in [-0.4, -0.2) is 63.2 Å². The number of halogens is 1. The number of aliphatic hydroxyl groups excluding tert-OH is 1. The number of likely N-dealkylation sites (N-methyl/N-ethyl adjacent to an activating group) is 1. The van der Waals surface area contributed by atoms with Gasteiger partial charge in [-0.1, -0.05) is 6.92 Å². The quantitative estimate of drug-likeness (QED) is 0.578. The van der Waals surface area contributed by atoms with Gasteiger partial charge in [0.25, 0.3) is 15.9 Å². The first-order chi connectivity index (χ1) is 15.2. The van der Waals surface area contributed by atoms with E-state index in [0.29, 0.717) is 18.8 Å². The minimum Gasteiger partial charge on any atom is -0.488 e. The first kappa shape index (κ1) is 24.0. The van der Waals surface area contributed by atoms with Crippen molar-refractivity contribution in [2.24, 2.45) is 5.92 Å². The van der Waals surface area contributed by atoms with Crippen molar-refractivity contribution >= 4 is 21.6 Å². The minimum atomic E-state index is -3.99. The van der Waals surface area contributed by atoms with Gasteiger partial charge in [0.1, 0.15) is 17.7 Å². The lowest BCUT2D eigenvalue weighted by Gasteiger charge is -2.37. The van der Waals surface area contributed by atoms with Gasteiger partial charge in [-0.05, 0) is 56.4 Å². The zero-order valence-corrected chi connectivity index (χ0v) is 19.0. The average Bonchev–Trinajstić information content (AvgIpc) is 2.76. The van der Waals surface area contributed by atoms with Crippen LogP contribution in [0.25, 0.3) is 0 Å². The summed E-state index contributed by atoms with van der Waals surface area (Å²) in [6.45, 7) is 4.44. The molecule has 2 aromatic carbocycles. The van der Waals surface area contributed by atoms with Crippen molar-refractivity contribution in [2.45, 2.75) is 30.9 Å². The van der Waals surface area contributed by atoms with E-state index in [1.54, 1.807) is 17.9 Å². The molecule has 0 unspecified atom stereocenters. The standard InChI is InChI=1S/C22H28FN3O5S/c1-14-12-26(15(2)13-27)22(28)19-10-17(6-9-20(19)31-21(14)11-24-3)25-32(29,30)18-7-4-16(23)5-8-18/h4-10,14-15,21,24-25,27H,11-13H2,1-3H3/t14-,15-,21-/m0/s1. The van der Waals surface area contributed by atoms with Gasteiger partial charge in [0.15, 0.2) is 0 Å². The summed E-state index contributed by atoms with van der Waals surface area (Å²) in [5.74, 6) is -0.581. The van der Waals surface area contributed by atoms with Crippen LogP contribution >= 0.6 is 0 Å². The summed E-state index contributed by atoms with van der Waals surface area (Å²) in [5, 5.41) is 12.8. The molecule has 32 heavy (non-hydrogen) atoms. The molecular formula is C22H28FN3O5S. The Bertz CT molecular complexity index is 1060. The Labute approximate surface area is 187 Å². The summed E-state index contributed by atoms with van der Waals surface area (Å²) in [6.07, 6.45) is -0.234. The van der Waals surface area contributed by atoms with E-state index >= 15 is 0 Å². The molecule has 0 radical (unpaired) electrons. The summed E-state index contributed by atoms with van der Waals surface area (Å²) < 4.78 is 47.1. The van der Waals surface area contributed by atoms with Crippen molar-refractivity contribution in [1.82, 2.24) is 10.2 Å². The van der Waals surface area contributed by atoms with Crippen molar-refractivity contribution in [3.63, 3.8) is 0 Å². The molecule has 3 atom stereocenters. The summed E-state index contributed by atoms with van der Waals surface area (Å²) in [6, 6.07) is 8.50. The van der Waals surface area contributed by atoms with E-state index in [9.17, 15) is 22.7 Å². The number of amides is 1. The van der Waals surface area contributed by atoms with Gasteiger partial charge in [0, 0.05) is 24.7 Å². The lowest BCUT2D eigenvalue weighted by Crippen LogP contribution is -2.49. The molecule has 8 nitrogen and oxygen atoms in total. The fraction of sp³-hybridized carbons (Fsp3) is 0.409. The van der Waals surface area contributed by atoms with Crippen LogP contribution in [0.1, 0.15) is 24.2 Å². The van der Waals surface area contributed by atoms with Gasteiger partial charge in [0.2, 0.25) is 0 Å². The summed E-state index contributed by atoms with van der Waals surface area (Å²) >= 11 is 0. The summed E-state index contributed by atoms with van der Waals surface area (Å²) in [4.78, 5) is 14.8. The molecule has 174 valence electrons. The average molecular weight is 466 g/mol. The topological polar surface area (TPSA) is 108 Å². The molecule has 0 fully saturated rings. The third-order valence-electron chi connectivity index (χ3n) is 5.45. The number of ether oxygens (including phenoxy) is 1. The van der Waals surface area contributed by atoms with Gasteiger partial charge in [0.05, 0.1) is 23.1 Å². The van der Waals surface area contributed by atoms with Crippen LogP contribution in [-0.2, 0) is 10.0 Å². The third-order valence-corrected chi connectivity index (χ3v) is 6.84. The third kappa shape index (κ3) is 5.20. The van der Waals surface area contributed by atoms with E-state index in [4.69, 9.17) is 4.74 Å². The molecule has 0 saturated heterocycles. The van der Waals surface area contributed by atoms with Gasteiger partial charge in [-0.25, -0.2) is 12.8 Å². The number of anilines is 1. The van der Waals surface area contributed by atoms with Crippen LogP contribution < -0.4 is 14.8 Å². The highest BCUT2D eigenvalue weighted by Gasteiger charge is 2.33. The first-order valence-corrected chi connectivity index (χ1v) is 11.8. The van der Waals surface area contributed by atoms with Crippen LogP contribution in [0.4, 0.5) is 10.1 Å². The molecule has 1 heterocycles. The number of nitrogens with zero attached hydrogens (tertiary/aromatic N) is 1. The number of hydrogen-bond donors (Lipinski definition) is 3. The number of fused-ring (bicyclic) bond motifs is 1. The first-order valence-electron chi connectivity index (χ1n) is 10.3. The summed E-state index contributed by atoms with van der Waals surface area (Å²) in [7, 11) is -2.18. The molecule has 0 bridgehead atoms. The van der Waals surface area contributed by atoms with E-state index in [1.165, 1.54) is 12.1 Å². The number of hydrogen-bond acceptors (Lipinski definition) is 6. The molecule has 3 rings (SSSR count). The van der Waals surface area contributed by atoms with Crippen LogP contribution in [0.2, 0.25) is 0 Å². The van der Waals surface area contributed by atoms with Gasteiger partial charge in [-0.3, -0.25) is 9.52 Å². The Kier molecular flexibility index (Phi) is 7.37. The van der Waals surface area contributed by atoms with Crippen molar-refractivity contribution in [3.8, 4) is 5.75 Å². The maximum atomic E-state index is 13.3. The molecule has 1 aliphatic heterocycles. The highest BCUT2D eigenvalue weighted by molar-refractivity contribution is 7.92. The van der Waals surface area contributed by atoms with Gasteiger partial charge in [-0.2, -0.15) is 0 Å². The second kappa shape index (κ2) is 9.85. The maximum Gasteiger partial charge on any atom is 0.261 e. The molecule has 1 amide bonds. The number of nitrogens with one attached hydrogen (secondary N) is 2. The Morgan fingerprint density at radius 3 is 2.56 bits per heavy atom. The maximum absolute atomic E-state index is 13.3. The number of benzene rings is 2. The number of aliphatic hydroxyl groups is 1. The van der Waals surface area contributed by atoms with E-state index in [-0.39, 0.29) is 40.7 Å². The van der Waals surface area contributed by atoms with Gasteiger partial charge >= 0.3 is 0 Å². The second-order valence-electron chi connectivity index (χ2n) is 7.95. The Morgan fingerprint density at radius 2 is 1.94 bits per heavy atom. The SMILES string of the molecule is CNC[C@@H]1Oc2ccc(NS(=O)(=O)c3ccc(F)cc3)cc2C(=O)N([C@@H](C)CO)C[C@@H]1C. The normalized spacial score (nSPS) is 20.0.